The molecule has 1 saturated heterocycles. The molecular weight excluding hydrogens is 351 g/mol. The largest absolute Gasteiger partial charge is 0.480 e. The molecule has 7 nitrogen and oxygen atoms in total. The minimum atomic E-state index is -1.17. The van der Waals surface area contributed by atoms with Crippen molar-refractivity contribution in [2.24, 2.45) is 0 Å². The molecule has 1 aromatic carbocycles. The highest BCUT2D eigenvalue weighted by Crippen LogP contribution is 2.33. The number of aromatic nitrogens is 2. The Balaban J connectivity index is 1.59. The lowest BCUT2D eigenvalue weighted by Crippen LogP contribution is -2.57. The van der Waals surface area contributed by atoms with Crippen LogP contribution in [0.15, 0.2) is 18.2 Å². The smallest absolute Gasteiger partial charge is 0.329 e. The maximum Gasteiger partial charge on any atom is 0.329 e. The number of imidazole rings is 1. The first-order valence-corrected chi connectivity index (χ1v) is 9.46. The molecule has 2 fully saturated rings. The number of carbonyl (C=O) groups is 2. The van der Waals surface area contributed by atoms with Gasteiger partial charge >= 0.3 is 12.0 Å². The number of carbonyl (C=O) groups excluding carboxylic acids is 1. The van der Waals surface area contributed by atoms with Gasteiger partial charge in [0.1, 0.15) is 17.2 Å². The summed E-state index contributed by atoms with van der Waals surface area (Å²) >= 11 is 0. The molecule has 8 heteroatoms. The number of nitrogens with one attached hydrogen (secondary N) is 2. The number of aromatic amines is 1. The number of urea groups is 1. The predicted octanol–water partition coefficient (Wildman–Crippen LogP) is 3.34. The zero-order chi connectivity index (χ0) is 19.0. The summed E-state index contributed by atoms with van der Waals surface area (Å²) in [6.45, 7) is 0.539. The van der Waals surface area contributed by atoms with Crippen LogP contribution in [0.5, 0.6) is 0 Å². The molecular formula is C19H23FN4O3. The molecule has 2 aliphatic rings. The number of H-pyrrole nitrogens is 1. The zero-order valence-electron chi connectivity index (χ0n) is 15.0. The fourth-order valence-electron chi connectivity index (χ4n) is 4.27. The molecule has 3 N–H and O–H groups in total. The zero-order valence-corrected chi connectivity index (χ0v) is 15.0. The minimum Gasteiger partial charge on any atom is -0.480 e. The number of benzene rings is 1. The van der Waals surface area contributed by atoms with Gasteiger partial charge in [0.15, 0.2) is 0 Å². The molecule has 0 bridgehead atoms. The lowest BCUT2D eigenvalue weighted by molar-refractivity contribution is -0.144. The Labute approximate surface area is 156 Å². The van der Waals surface area contributed by atoms with E-state index in [1.54, 1.807) is 11.0 Å². The first-order valence-electron chi connectivity index (χ1n) is 9.46. The van der Waals surface area contributed by atoms with Crippen LogP contribution in [0.1, 0.15) is 56.8 Å². The average Bonchev–Trinajstić information content (AvgIpc) is 3.29. The van der Waals surface area contributed by atoms with Crippen molar-refractivity contribution >= 4 is 23.0 Å². The number of nitrogens with zero attached hydrogens (tertiary/aromatic N) is 2. The van der Waals surface area contributed by atoms with Gasteiger partial charge in [-0.05, 0) is 50.3 Å². The number of aliphatic carboxylic acids is 1. The van der Waals surface area contributed by atoms with Gasteiger partial charge in [-0.1, -0.05) is 12.8 Å². The highest BCUT2D eigenvalue weighted by molar-refractivity contribution is 5.87. The van der Waals surface area contributed by atoms with Gasteiger partial charge in [0.25, 0.3) is 0 Å². The molecule has 1 saturated carbocycles. The number of carboxylic acids is 1. The molecule has 1 aliphatic carbocycles. The van der Waals surface area contributed by atoms with Gasteiger partial charge in [-0.3, -0.25) is 0 Å². The second kappa shape index (κ2) is 6.83. The van der Waals surface area contributed by atoms with Crippen molar-refractivity contribution in [3.8, 4) is 0 Å². The quantitative estimate of drug-likeness (QED) is 0.767. The Morgan fingerprint density at radius 1 is 1.26 bits per heavy atom. The van der Waals surface area contributed by atoms with E-state index in [1.165, 1.54) is 12.1 Å². The number of halogens is 1. The van der Waals surface area contributed by atoms with Gasteiger partial charge in [0.05, 0.1) is 17.1 Å². The lowest BCUT2D eigenvalue weighted by Gasteiger charge is -2.37. The maximum absolute atomic E-state index is 13.5. The van der Waals surface area contributed by atoms with E-state index in [9.17, 15) is 19.1 Å². The summed E-state index contributed by atoms with van der Waals surface area (Å²) in [5, 5.41) is 12.4. The van der Waals surface area contributed by atoms with Gasteiger partial charge in [-0.25, -0.2) is 19.0 Å². The summed E-state index contributed by atoms with van der Waals surface area (Å²) in [7, 11) is 0. The van der Waals surface area contributed by atoms with Crippen LogP contribution in [0.4, 0.5) is 9.18 Å². The molecule has 4 rings (SSSR count). The molecule has 2 heterocycles. The fourth-order valence-corrected chi connectivity index (χ4v) is 4.27. The number of rotatable bonds is 3. The molecule has 1 aromatic heterocycles. The number of amides is 2. The second-order valence-electron chi connectivity index (χ2n) is 7.51. The Bertz CT molecular complexity index is 875. The van der Waals surface area contributed by atoms with Crippen LogP contribution in [0.2, 0.25) is 0 Å². The number of piperidine rings is 1. The normalized spacial score (nSPS) is 22.1. The number of carboxylic acid groups (broad SMARTS) is 1. The van der Waals surface area contributed by atoms with Crippen LogP contribution >= 0.6 is 0 Å². The Hall–Kier alpha value is -2.64. The lowest BCUT2D eigenvalue weighted by atomic mass is 9.97. The molecule has 1 aliphatic heterocycles. The van der Waals surface area contributed by atoms with E-state index in [0.29, 0.717) is 36.2 Å². The molecule has 0 unspecified atom stereocenters. The number of fused-ring (bicyclic) bond motifs is 1. The average molecular weight is 374 g/mol. The van der Waals surface area contributed by atoms with Crippen LogP contribution in [-0.2, 0) is 4.79 Å². The van der Waals surface area contributed by atoms with Gasteiger partial charge in [0, 0.05) is 6.54 Å². The van der Waals surface area contributed by atoms with Crippen LogP contribution < -0.4 is 5.32 Å². The van der Waals surface area contributed by atoms with E-state index in [2.05, 4.69) is 15.3 Å². The van der Waals surface area contributed by atoms with Crippen LogP contribution in [-0.4, -0.2) is 44.1 Å². The topological polar surface area (TPSA) is 98.3 Å². The monoisotopic (exact) mass is 374 g/mol. The van der Waals surface area contributed by atoms with Crippen molar-refractivity contribution in [1.82, 2.24) is 20.2 Å². The van der Waals surface area contributed by atoms with E-state index >= 15 is 0 Å². The third kappa shape index (κ3) is 3.24. The summed E-state index contributed by atoms with van der Waals surface area (Å²) in [6, 6.07) is 3.71. The van der Waals surface area contributed by atoms with Crippen molar-refractivity contribution in [2.45, 2.75) is 56.5 Å². The number of hydrogen-bond donors (Lipinski definition) is 3. The second-order valence-corrected chi connectivity index (χ2v) is 7.51. The highest BCUT2D eigenvalue weighted by Gasteiger charge is 2.44. The predicted molar refractivity (Wildman–Crippen MR) is 96.7 cm³/mol. The van der Waals surface area contributed by atoms with Gasteiger partial charge < -0.3 is 20.3 Å². The van der Waals surface area contributed by atoms with Crippen LogP contribution in [0.3, 0.4) is 0 Å². The van der Waals surface area contributed by atoms with Crippen molar-refractivity contribution in [3.05, 3.63) is 29.8 Å². The van der Waals surface area contributed by atoms with E-state index in [0.717, 1.165) is 32.1 Å². The van der Waals surface area contributed by atoms with Crippen LogP contribution in [0.25, 0.3) is 11.0 Å². The van der Waals surface area contributed by atoms with Crippen LogP contribution in [0, 0.1) is 5.82 Å². The first-order chi connectivity index (χ1) is 13.0. The Morgan fingerprint density at radius 2 is 2.04 bits per heavy atom. The first kappa shape index (κ1) is 17.8. The van der Waals surface area contributed by atoms with Crippen molar-refractivity contribution < 1.29 is 19.1 Å². The summed E-state index contributed by atoms with van der Waals surface area (Å²) in [4.78, 5) is 34.1. The van der Waals surface area contributed by atoms with E-state index in [4.69, 9.17) is 0 Å². The molecule has 1 atom stereocenters. The molecule has 2 amide bonds. The van der Waals surface area contributed by atoms with E-state index < -0.39 is 11.5 Å². The molecule has 0 radical (unpaired) electrons. The molecule has 2 aromatic rings. The van der Waals surface area contributed by atoms with Crippen molar-refractivity contribution in [1.29, 1.82) is 0 Å². The maximum atomic E-state index is 13.5. The fraction of sp³-hybridized carbons (Fsp3) is 0.526. The Kier molecular flexibility index (Phi) is 4.49. The number of hydrogen-bond acceptors (Lipinski definition) is 3. The SMILES string of the molecule is O=C(NC1(C(=O)O)CCCC1)N1CCCC[C@@H]1c1nc2ccc(F)cc2[nH]1. The third-order valence-electron chi connectivity index (χ3n) is 5.75. The summed E-state index contributed by atoms with van der Waals surface area (Å²) in [5.74, 6) is -0.706. The molecule has 0 spiro atoms. The van der Waals surface area contributed by atoms with E-state index in [-0.39, 0.29) is 17.9 Å². The molecule has 27 heavy (non-hydrogen) atoms. The van der Waals surface area contributed by atoms with Crippen molar-refractivity contribution in [2.75, 3.05) is 6.54 Å². The standard InChI is InChI=1S/C19H23FN4O3/c20-12-6-7-13-14(11-12)22-16(21-13)15-5-1-4-10-24(15)18(27)23-19(17(25)26)8-2-3-9-19/h6-7,11,15H,1-5,8-10H2,(H,21,22)(H,23,27)(H,25,26)/t15-/m1/s1. The van der Waals surface area contributed by atoms with Gasteiger partial charge in [-0.15, -0.1) is 0 Å². The molecule has 144 valence electrons. The summed E-state index contributed by atoms with van der Waals surface area (Å²) in [6.07, 6.45) is 5.04. The van der Waals surface area contributed by atoms with Gasteiger partial charge in [-0.2, -0.15) is 0 Å². The minimum absolute atomic E-state index is 0.276. The van der Waals surface area contributed by atoms with E-state index in [1.807, 2.05) is 0 Å². The third-order valence-corrected chi connectivity index (χ3v) is 5.75. The summed E-state index contributed by atoms with van der Waals surface area (Å²) < 4.78 is 13.5. The Morgan fingerprint density at radius 3 is 2.78 bits per heavy atom. The highest BCUT2D eigenvalue weighted by atomic mass is 19.1. The van der Waals surface area contributed by atoms with Crippen molar-refractivity contribution in [3.63, 3.8) is 0 Å². The van der Waals surface area contributed by atoms with Gasteiger partial charge in [0.2, 0.25) is 0 Å². The number of likely N-dealkylation sites (tertiary alicyclic amines) is 1. The summed E-state index contributed by atoms with van der Waals surface area (Å²) in [5.41, 5.74) is 0.0691.